The third-order valence-electron chi connectivity index (χ3n) is 5.58. The Bertz CT molecular complexity index is 1410. The Hall–Kier alpha value is -3.85. The number of quaternary nitrogens is 1. The van der Waals surface area contributed by atoms with Crippen LogP contribution in [-0.2, 0) is 6.54 Å². The van der Waals surface area contributed by atoms with Gasteiger partial charge in [0.2, 0.25) is 0 Å². The molecule has 0 atom stereocenters. The predicted octanol–water partition coefficient (Wildman–Crippen LogP) is 5.77. The zero-order chi connectivity index (χ0) is 28.8. The van der Waals surface area contributed by atoms with Crippen molar-refractivity contribution in [3.05, 3.63) is 59.0 Å². The molecule has 0 spiro atoms. The molecule has 3 aromatic rings. The number of benzene rings is 1. The summed E-state index contributed by atoms with van der Waals surface area (Å²) in [4.78, 5) is 35.3. The van der Waals surface area contributed by atoms with Crippen molar-refractivity contribution >= 4 is 29.4 Å². The van der Waals surface area contributed by atoms with Crippen LogP contribution in [0.5, 0.6) is 17.5 Å². The second-order valence-electron chi connectivity index (χ2n) is 8.80. The van der Waals surface area contributed by atoms with Crippen LogP contribution < -0.4 is 14.0 Å². The number of imidazole rings is 1. The van der Waals surface area contributed by atoms with Crippen LogP contribution in [-0.4, -0.2) is 64.6 Å². The fourth-order valence-corrected chi connectivity index (χ4v) is 3.90. The molecular weight excluding hydrogens is 560 g/mol. The van der Waals surface area contributed by atoms with Gasteiger partial charge in [0.25, 0.3) is 11.7 Å². The number of alkyl halides is 6. The zero-order valence-electron chi connectivity index (χ0n) is 20.2. The maximum absolute atomic E-state index is 13.4. The van der Waals surface area contributed by atoms with Gasteiger partial charge in [-0.05, 0) is 24.3 Å². The molecule has 1 aliphatic heterocycles. The Labute approximate surface area is 221 Å². The van der Waals surface area contributed by atoms with Crippen LogP contribution in [0, 0.1) is 0 Å². The number of amides is 3. The van der Waals surface area contributed by atoms with E-state index in [0.717, 1.165) is 12.1 Å². The van der Waals surface area contributed by atoms with E-state index in [1.54, 1.807) is 0 Å². The number of nitrogens with zero attached hydrogens (tertiary/aromatic N) is 5. The summed E-state index contributed by atoms with van der Waals surface area (Å²) >= 11 is 5.88. The number of rotatable bonds is 7. The summed E-state index contributed by atoms with van der Waals surface area (Å²) in [5.74, 6) is -1.95. The van der Waals surface area contributed by atoms with Gasteiger partial charge in [0.05, 0.1) is 37.8 Å². The van der Waals surface area contributed by atoms with E-state index in [2.05, 4.69) is 14.7 Å². The SMILES string of the molecule is C[N+]1(C)C(=O)N(CCC(F)(F)F)C(=O)c2c1nc(Oc1cccc(OC(F)(F)F)c1)n2Cc1ccc(Cl)cn1. The number of pyridine rings is 1. The maximum Gasteiger partial charge on any atom is 0.573 e. The molecule has 0 saturated carbocycles. The third kappa shape index (κ3) is 6.25. The predicted molar refractivity (Wildman–Crippen MR) is 125 cm³/mol. The minimum absolute atomic E-state index is 0.139. The van der Waals surface area contributed by atoms with Gasteiger partial charge in [0, 0.05) is 18.8 Å². The van der Waals surface area contributed by atoms with Crippen molar-refractivity contribution in [3.63, 3.8) is 0 Å². The van der Waals surface area contributed by atoms with Crippen LogP contribution in [0.3, 0.4) is 0 Å². The molecule has 3 heterocycles. The summed E-state index contributed by atoms with van der Waals surface area (Å²) in [5.41, 5.74) is 0.0756. The van der Waals surface area contributed by atoms with Crippen LogP contribution in [0.2, 0.25) is 5.02 Å². The fourth-order valence-electron chi connectivity index (χ4n) is 3.79. The first-order valence-electron chi connectivity index (χ1n) is 11.1. The van der Waals surface area contributed by atoms with Gasteiger partial charge in [-0.1, -0.05) is 17.7 Å². The highest BCUT2D eigenvalue weighted by Gasteiger charge is 2.51. The molecule has 1 aliphatic rings. The van der Waals surface area contributed by atoms with Crippen molar-refractivity contribution in [1.29, 1.82) is 0 Å². The smallest absolute Gasteiger partial charge is 0.425 e. The molecule has 0 N–H and O–H groups in total. The van der Waals surface area contributed by atoms with Gasteiger partial charge in [-0.15, -0.1) is 18.2 Å². The number of halogens is 7. The van der Waals surface area contributed by atoms with Crippen LogP contribution >= 0.6 is 11.6 Å². The maximum atomic E-state index is 13.4. The minimum Gasteiger partial charge on any atom is -0.425 e. The number of carbonyl (C=O) groups is 2. The van der Waals surface area contributed by atoms with Gasteiger partial charge in [-0.2, -0.15) is 17.7 Å². The lowest BCUT2D eigenvalue weighted by molar-refractivity contribution is -0.274. The lowest BCUT2D eigenvalue weighted by atomic mass is 10.2. The van der Waals surface area contributed by atoms with Gasteiger partial charge in [-0.3, -0.25) is 14.3 Å². The van der Waals surface area contributed by atoms with Crippen molar-refractivity contribution in [1.82, 2.24) is 23.9 Å². The van der Waals surface area contributed by atoms with E-state index in [-0.39, 0.29) is 29.8 Å². The number of hydrogen-bond donors (Lipinski definition) is 0. The van der Waals surface area contributed by atoms with Crippen molar-refractivity contribution in [2.24, 2.45) is 0 Å². The summed E-state index contributed by atoms with van der Waals surface area (Å²) in [6.07, 6.45) is -9.71. The summed E-state index contributed by atoms with van der Waals surface area (Å²) < 4.78 is 86.9. The summed E-state index contributed by atoms with van der Waals surface area (Å²) in [6, 6.07) is 6.21. The fraction of sp³-hybridized carbons (Fsp3) is 0.304. The molecule has 3 amide bonds. The Balaban J connectivity index is 1.81. The van der Waals surface area contributed by atoms with E-state index >= 15 is 0 Å². The lowest BCUT2D eigenvalue weighted by Gasteiger charge is -2.34. The Morgan fingerprint density at radius 3 is 2.33 bits per heavy atom. The summed E-state index contributed by atoms with van der Waals surface area (Å²) in [5, 5.41) is 0.308. The molecule has 0 fully saturated rings. The first-order valence-corrected chi connectivity index (χ1v) is 11.5. The van der Waals surface area contributed by atoms with Crippen molar-refractivity contribution < 1.29 is 45.4 Å². The molecule has 208 valence electrons. The van der Waals surface area contributed by atoms with E-state index in [1.165, 1.54) is 49.1 Å². The highest BCUT2D eigenvalue weighted by atomic mass is 35.5. The lowest BCUT2D eigenvalue weighted by Crippen LogP contribution is -2.60. The largest absolute Gasteiger partial charge is 0.573 e. The number of ether oxygens (including phenoxy) is 2. The van der Waals surface area contributed by atoms with E-state index in [9.17, 15) is 35.9 Å². The Kier molecular flexibility index (Phi) is 7.25. The first-order chi connectivity index (χ1) is 18.0. The molecule has 0 saturated heterocycles. The van der Waals surface area contributed by atoms with Gasteiger partial charge in [0.1, 0.15) is 11.5 Å². The first kappa shape index (κ1) is 28.2. The number of carbonyl (C=O) groups excluding carboxylic acids is 2. The number of fused-ring (bicyclic) bond motifs is 1. The molecule has 39 heavy (non-hydrogen) atoms. The average Bonchev–Trinajstić information content (AvgIpc) is 3.16. The molecule has 1 aromatic carbocycles. The monoisotopic (exact) mass is 578 g/mol. The number of hydrogen-bond acceptors (Lipinski definition) is 6. The third-order valence-corrected chi connectivity index (χ3v) is 5.80. The van der Waals surface area contributed by atoms with Crippen molar-refractivity contribution in [3.8, 4) is 17.5 Å². The van der Waals surface area contributed by atoms with Crippen molar-refractivity contribution in [2.45, 2.75) is 25.5 Å². The van der Waals surface area contributed by atoms with Gasteiger partial charge in [0.15, 0.2) is 5.69 Å². The minimum atomic E-state index is -4.97. The second kappa shape index (κ2) is 10.0. The average molecular weight is 579 g/mol. The molecule has 4 rings (SSSR count). The van der Waals surface area contributed by atoms with E-state index in [0.29, 0.717) is 15.6 Å². The van der Waals surface area contributed by atoms with Gasteiger partial charge < -0.3 is 9.47 Å². The number of aromatic nitrogens is 3. The van der Waals surface area contributed by atoms with E-state index in [1.807, 2.05) is 0 Å². The number of urea groups is 1. The van der Waals surface area contributed by atoms with Crippen LogP contribution in [0.25, 0.3) is 0 Å². The molecular formula is C23H19ClF6N5O4+. The molecule has 2 aromatic heterocycles. The van der Waals surface area contributed by atoms with E-state index < -0.39 is 47.7 Å². The van der Waals surface area contributed by atoms with Crippen LogP contribution in [0.4, 0.5) is 37.0 Å². The molecule has 9 nitrogen and oxygen atoms in total. The molecule has 0 bridgehead atoms. The highest BCUT2D eigenvalue weighted by Crippen LogP contribution is 2.38. The molecule has 0 aliphatic carbocycles. The van der Waals surface area contributed by atoms with Gasteiger partial charge >= 0.3 is 24.6 Å². The van der Waals surface area contributed by atoms with Gasteiger partial charge in [-0.25, -0.2) is 9.69 Å². The molecule has 0 radical (unpaired) electrons. The zero-order valence-corrected chi connectivity index (χ0v) is 20.9. The highest BCUT2D eigenvalue weighted by molar-refractivity contribution is 6.30. The summed E-state index contributed by atoms with van der Waals surface area (Å²) in [7, 11) is 2.65. The second-order valence-corrected chi connectivity index (χ2v) is 9.24. The number of imide groups is 1. The van der Waals surface area contributed by atoms with E-state index in [4.69, 9.17) is 16.3 Å². The van der Waals surface area contributed by atoms with Crippen LogP contribution in [0.15, 0.2) is 42.6 Å². The standard InChI is InChI=1S/C23H19ClF6N5O4/c1-35(2)18-17(19(36)33(21(35)37)9-8-22(25,26)27)34(12-14-7-6-13(24)11-31-14)20(32-18)38-15-4-3-5-16(10-15)39-23(28,29)30/h3-7,10-11H,8-9,12H2,1-2H3/q+1. The van der Waals surface area contributed by atoms with Crippen molar-refractivity contribution in [2.75, 3.05) is 20.6 Å². The Morgan fingerprint density at radius 2 is 1.72 bits per heavy atom. The molecule has 0 unspecified atom stereocenters. The topological polar surface area (TPSA) is 86.5 Å². The Morgan fingerprint density at radius 1 is 1.03 bits per heavy atom. The van der Waals surface area contributed by atoms with Crippen LogP contribution in [0.1, 0.15) is 22.6 Å². The normalized spacial score (nSPS) is 15.4. The summed E-state index contributed by atoms with van der Waals surface area (Å²) in [6.45, 7) is -1.14. The molecule has 16 heteroatoms. The quantitative estimate of drug-likeness (QED) is 0.262.